The molecular weight excluding hydrogens is 429 g/mol. The van der Waals surface area contributed by atoms with Gasteiger partial charge < -0.3 is 14.6 Å². The van der Waals surface area contributed by atoms with Crippen LogP contribution in [0.1, 0.15) is 96.1 Å². The summed E-state index contributed by atoms with van der Waals surface area (Å²) in [5.74, 6) is 0.157. The van der Waals surface area contributed by atoms with Crippen LogP contribution in [-0.4, -0.2) is 24.2 Å². The molecule has 1 heterocycles. The molecule has 0 aliphatic carbocycles. The first-order valence-corrected chi connectivity index (χ1v) is 12.0. The van der Waals surface area contributed by atoms with E-state index in [1.165, 1.54) is 5.57 Å². The molecule has 1 N–H and O–H groups in total. The zero-order valence-corrected chi connectivity index (χ0v) is 20.6. The van der Waals surface area contributed by atoms with Crippen molar-refractivity contribution in [2.45, 2.75) is 96.9 Å². The van der Waals surface area contributed by atoms with Crippen LogP contribution in [0.3, 0.4) is 0 Å². The van der Waals surface area contributed by atoms with E-state index in [0.29, 0.717) is 37.2 Å². The lowest BCUT2D eigenvalue weighted by Gasteiger charge is -2.31. The minimum absolute atomic E-state index is 0.109. The van der Waals surface area contributed by atoms with Crippen LogP contribution in [0, 0.1) is 5.92 Å². The molecule has 3 nitrogen and oxygen atoms in total. The van der Waals surface area contributed by atoms with Gasteiger partial charge in [-0.3, -0.25) is 0 Å². The fourth-order valence-electron chi connectivity index (χ4n) is 4.27. The van der Waals surface area contributed by atoms with Crippen molar-refractivity contribution in [1.29, 1.82) is 0 Å². The maximum absolute atomic E-state index is 12.4. The van der Waals surface area contributed by atoms with Gasteiger partial charge in [-0.25, -0.2) is 0 Å². The number of alkyl halides is 3. The van der Waals surface area contributed by atoms with Gasteiger partial charge in [0.25, 0.3) is 0 Å². The van der Waals surface area contributed by atoms with E-state index < -0.39 is 18.4 Å². The maximum atomic E-state index is 12.4. The Morgan fingerprint density at radius 3 is 2.61 bits per heavy atom. The molecule has 0 aromatic heterocycles. The monoisotopic (exact) mass is 468 g/mol. The van der Waals surface area contributed by atoms with Crippen LogP contribution in [0.2, 0.25) is 0 Å². The molecule has 0 saturated heterocycles. The van der Waals surface area contributed by atoms with Gasteiger partial charge in [-0.2, -0.15) is 13.2 Å². The quantitative estimate of drug-likeness (QED) is 0.248. The second kappa shape index (κ2) is 12.0. The number of halogens is 3. The molecule has 0 bridgehead atoms. The van der Waals surface area contributed by atoms with Crippen LogP contribution in [0.4, 0.5) is 13.2 Å². The van der Waals surface area contributed by atoms with Crippen LogP contribution >= 0.6 is 0 Å². The highest BCUT2D eigenvalue weighted by Gasteiger charge is 2.31. The predicted molar refractivity (Wildman–Crippen MR) is 128 cm³/mol. The highest BCUT2D eigenvalue weighted by atomic mass is 19.4. The van der Waals surface area contributed by atoms with Gasteiger partial charge in [-0.15, -0.1) is 0 Å². The first kappa shape index (κ1) is 27.3. The van der Waals surface area contributed by atoms with Crippen LogP contribution in [0.5, 0.6) is 11.5 Å². The lowest BCUT2D eigenvalue weighted by Crippen LogP contribution is -2.35. The highest BCUT2D eigenvalue weighted by molar-refractivity contribution is 5.68. The Balaban J connectivity index is 2.10. The summed E-state index contributed by atoms with van der Waals surface area (Å²) < 4.78 is 48.8. The summed E-state index contributed by atoms with van der Waals surface area (Å²) >= 11 is 0. The predicted octanol–water partition coefficient (Wildman–Crippen LogP) is 8.18. The molecule has 1 aromatic rings. The van der Waals surface area contributed by atoms with Gasteiger partial charge in [0.15, 0.2) is 0 Å². The molecule has 2 rings (SSSR count). The Labute approximate surface area is 196 Å². The number of hydrogen-bond acceptors (Lipinski definition) is 3. The average Bonchev–Trinajstić information content (AvgIpc) is 2.74. The van der Waals surface area contributed by atoms with Gasteiger partial charge in [0.2, 0.25) is 5.79 Å². The minimum Gasteiger partial charge on any atom is -0.496 e. The van der Waals surface area contributed by atoms with Crippen LogP contribution in [0.25, 0.3) is 6.08 Å². The Kier molecular flexibility index (Phi) is 9.89. The molecule has 1 aromatic carbocycles. The third-order valence-electron chi connectivity index (χ3n) is 6.53. The third-order valence-corrected chi connectivity index (χ3v) is 6.53. The normalized spacial score (nSPS) is 20.2. The number of methoxy groups -OCH3 is 1. The van der Waals surface area contributed by atoms with Gasteiger partial charge >= 0.3 is 6.18 Å². The molecule has 0 fully saturated rings. The summed E-state index contributed by atoms with van der Waals surface area (Å²) in [4.78, 5) is 0. The first-order valence-electron chi connectivity index (χ1n) is 12.0. The van der Waals surface area contributed by atoms with Gasteiger partial charge in [0.05, 0.1) is 12.7 Å². The second-order valence-corrected chi connectivity index (χ2v) is 9.38. The number of aliphatic hydroxyl groups is 1. The molecule has 3 unspecified atom stereocenters. The molecule has 0 saturated carbocycles. The van der Waals surface area contributed by atoms with E-state index in [1.54, 1.807) is 13.2 Å². The summed E-state index contributed by atoms with van der Waals surface area (Å²) in [6.07, 6.45) is 5.55. The van der Waals surface area contributed by atoms with Crippen LogP contribution in [0.15, 0.2) is 29.9 Å². The minimum atomic E-state index is -4.09. The summed E-state index contributed by atoms with van der Waals surface area (Å²) in [5.41, 5.74) is 3.09. The van der Waals surface area contributed by atoms with Crippen molar-refractivity contribution in [3.8, 4) is 11.5 Å². The molecule has 33 heavy (non-hydrogen) atoms. The number of ether oxygens (including phenoxy) is 2. The fourth-order valence-corrected chi connectivity index (χ4v) is 4.27. The van der Waals surface area contributed by atoms with E-state index in [1.807, 2.05) is 18.2 Å². The number of allylic oxidation sites excluding steroid dienone is 2. The van der Waals surface area contributed by atoms with Crippen molar-refractivity contribution in [3.05, 3.63) is 41.0 Å². The van der Waals surface area contributed by atoms with E-state index >= 15 is 0 Å². The second-order valence-electron chi connectivity index (χ2n) is 9.38. The van der Waals surface area contributed by atoms with E-state index in [4.69, 9.17) is 9.47 Å². The molecule has 1 aliphatic rings. The Morgan fingerprint density at radius 1 is 1.24 bits per heavy atom. The van der Waals surface area contributed by atoms with Gasteiger partial charge in [-0.05, 0) is 67.9 Å². The molecular formula is C27H39F3O3. The van der Waals surface area contributed by atoms with E-state index in [2.05, 4.69) is 33.8 Å². The summed E-state index contributed by atoms with van der Waals surface area (Å²) in [6, 6.07) is 3.89. The molecule has 6 heteroatoms. The summed E-state index contributed by atoms with van der Waals surface area (Å²) in [6.45, 7) is 8.38. The smallest absolute Gasteiger partial charge is 0.389 e. The Bertz CT molecular complexity index is 829. The lowest BCUT2D eigenvalue weighted by molar-refractivity contribution is -0.135. The van der Waals surface area contributed by atoms with Gasteiger partial charge in [0, 0.05) is 12.8 Å². The standard InChI is InChI=1S/C27H39F3O3/c1-6-10-19(2)11-9-14-26(31)16-13-23-24(32-5)17-22(18-25(23)33-26)21(4)20(3)12-7-8-15-27(28,29)30/h11,13,16-18,20-21,31H,6-10,12,14-15H2,1-5H3/b19-11+. The number of fused-ring (bicyclic) bond motifs is 1. The van der Waals surface area contributed by atoms with E-state index in [9.17, 15) is 18.3 Å². The van der Waals surface area contributed by atoms with Crippen LogP contribution < -0.4 is 9.47 Å². The Morgan fingerprint density at radius 2 is 1.97 bits per heavy atom. The van der Waals surface area contributed by atoms with Crippen molar-refractivity contribution < 1.29 is 27.8 Å². The highest BCUT2D eigenvalue weighted by Crippen LogP contribution is 2.42. The van der Waals surface area contributed by atoms with Crippen LogP contribution in [-0.2, 0) is 0 Å². The van der Waals surface area contributed by atoms with Crippen molar-refractivity contribution in [2.24, 2.45) is 5.92 Å². The number of unbranched alkanes of at least 4 members (excludes halogenated alkanes) is 1. The number of benzene rings is 1. The van der Waals surface area contributed by atoms with Crippen molar-refractivity contribution in [2.75, 3.05) is 7.11 Å². The molecule has 0 radical (unpaired) electrons. The van der Waals surface area contributed by atoms with Crippen molar-refractivity contribution in [1.82, 2.24) is 0 Å². The number of hydrogen-bond donors (Lipinski definition) is 1. The molecule has 3 atom stereocenters. The zero-order chi connectivity index (χ0) is 24.6. The average molecular weight is 469 g/mol. The molecule has 0 amide bonds. The third kappa shape index (κ3) is 8.40. The molecule has 186 valence electrons. The van der Waals surface area contributed by atoms with Crippen molar-refractivity contribution in [3.63, 3.8) is 0 Å². The van der Waals surface area contributed by atoms with E-state index in [0.717, 1.165) is 24.0 Å². The van der Waals surface area contributed by atoms with E-state index in [-0.39, 0.29) is 18.3 Å². The summed E-state index contributed by atoms with van der Waals surface area (Å²) in [5, 5.41) is 11.0. The lowest BCUT2D eigenvalue weighted by atomic mass is 9.84. The SMILES string of the molecule is CCC/C(C)=C/CCC1(O)C=Cc2c(OC)cc(C(C)C(C)CCCCC(F)(F)F)cc2O1. The van der Waals surface area contributed by atoms with Gasteiger partial charge in [0.1, 0.15) is 11.5 Å². The Hall–Kier alpha value is -1.95. The summed E-state index contributed by atoms with van der Waals surface area (Å²) in [7, 11) is 1.60. The topological polar surface area (TPSA) is 38.7 Å². The van der Waals surface area contributed by atoms with Gasteiger partial charge in [-0.1, -0.05) is 51.7 Å². The fraction of sp³-hybridized carbons (Fsp3) is 0.630. The maximum Gasteiger partial charge on any atom is 0.389 e. The largest absolute Gasteiger partial charge is 0.496 e. The molecule has 1 aliphatic heterocycles. The first-order chi connectivity index (χ1) is 15.5. The van der Waals surface area contributed by atoms with Crippen molar-refractivity contribution >= 4 is 6.08 Å². The number of rotatable bonds is 12. The zero-order valence-electron chi connectivity index (χ0n) is 20.6. The molecule has 0 spiro atoms.